The van der Waals surface area contributed by atoms with Crippen molar-refractivity contribution in [2.24, 2.45) is 11.3 Å². The number of aliphatic hydroxyl groups excluding tert-OH is 1. The van der Waals surface area contributed by atoms with E-state index in [9.17, 15) is 19.5 Å². The van der Waals surface area contributed by atoms with Gasteiger partial charge in [0.15, 0.2) is 6.29 Å². The lowest BCUT2D eigenvalue weighted by atomic mass is 9.86. The molecule has 0 spiro atoms. The minimum Gasteiger partial charge on any atom is -0.487 e. The van der Waals surface area contributed by atoms with Gasteiger partial charge in [-0.2, -0.15) is 0 Å². The summed E-state index contributed by atoms with van der Waals surface area (Å²) in [5.41, 5.74) is 6.42. The van der Waals surface area contributed by atoms with Crippen LogP contribution in [-0.2, 0) is 43.3 Å². The minimum absolute atomic E-state index is 0.0704. The first-order chi connectivity index (χ1) is 27.8. The summed E-state index contributed by atoms with van der Waals surface area (Å²) in [6, 6.07) is 18.9. The summed E-state index contributed by atoms with van der Waals surface area (Å²) in [5, 5.41) is 22.0. The predicted molar refractivity (Wildman–Crippen MR) is 215 cm³/mol. The molecule has 6 atom stereocenters. The number of aliphatic hydroxyl groups is 1. The Kier molecular flexibility index (Phi) is 14.3. The monoisotopic (exact) mass is 816 g/mol. The molecule has 0 saturated carbocycles. The zero-order chi connectivity index (χ0) is 41.2. The number of aryl methyl sites for hydroxylation is 1. The molecule has 15 nitrogen and oxygen atoms in total. The lowest BCUT2D eigenvalue weighted by Crippen LogP contribution is -2.59. The van der Waals surface area contributed by atoms with Crippen LogP contribution < -0.4 is 20.8 Å². The highest BCUT2D eigenvalue weighted by Crippen LogP contribution is 2.33. The van der Waals surface area contributed by atoms with Gasteiger partial charge in [0, 0.05) is 30.2 Å². The van der Waals surface area contributed by atoms with Gasteiger partial charge in [-0.3, -0.25) is 15.2 Å². The number of ether oxygens (including phenoxy) is 5. The quantitative estimate of drug-likeness (QED) is 0.109. The van der Waals surface area contributed by atoms with E-state index in [0.29, 0.717) is 25.4 Å². The molecular weight excluding hydrogens is 765 g/mol. The molecule has 0 radical (unpaired) electrons. The van der Waals surface area contributed by atoms with E-state index in [1.54, 1.807) is 22.5 Å². The Morgan fingerprint density at radius 2 is 1.76 bits per heavy atom. The number of nitrogens with zero attached hydrogens (tertiary/aromatic N) is 3. The van der Waals surface area contributed by atoms with Gasteiger partial charge >= 0.3 is 12.2 Å². The number of methoxy groups -OCH3 is 1. The molecule has 0 bridgehead atoms. The van der Waals surface area contributed by atoms with E-state index in [2.05, 4.69) is 26.0 Å². The average Bonchev–Trinajstić information content (AvgIpc) is 3.95. The Hall–Kier alpha value is -5.13. The van der Waals surface area contributed by atoms with Crippen molar-refractivity contribution in [1.29, 1.82) is 0 Å². The number of hydrazine groups is 1. The van der Waals surface area contributed by atoms with Crippen LogP contribution in [0.2, 0.25) is 0 Å². The molecule has 6 unspecified atom stereocenters. The fourth-order valence-electron chi connectivity index (χ4n) is 6.87. The zero-order valence-corrected chi connectivity index (χ0v) is 34.2. The summed E-state index contributed by atoms with van der Waals surface area (Å²) in [5.74, 6) is 0.0569. The summed E-state index contributed by atoms with van der Waals surface area (Å²) < 4.78 is 27.9. The van der Waals surface area contributed by atoms with Crippen LogP contribution in [0, 0.1) is 18.3 Å². The van der Waals surface area contributed by atoms with Gasteiger partial charge in [0.25, 0.3) is 5.91 Å². The van der Waals surface area contributed by atoms with E-state index < -0.39 is 54.1 Å². The van der Waals surface area contributed by atoms with Crippen LogP contribution in [0.5, 0.6) is 5.75 Å². The van der Waals surface area contributed by atoms with E-state index in [1.807, 2.05) is 99.8 Å². The highest BCUT2D eigenvalue weighted by Gasteiger charge is 2.44. The number of alkyl carbamates (subject to hydrolysis) is 2. The third-order valence-electron chi connectivity index (χ3n) is 9.98. The standard InChI is InChI=1S/C42H52N6O9S/c1-26-44-30(25-58-26)23-55-31-15-11-27(12-16-31)20-34(45-41(52)57-36-24-56-39-32(36)17-19-54-39)35(49)22-48(47-38(50)37(42(2,3)4)46-40(51)53-5)21-28-9-13-29(14-10-28)33-8-6-7-18-43-33/h6-16,18,25,32,34-37,39,49H,17,19-24H2,1-5H3,(H,45,52)(H,46,51)(H,47,50). The molecule has 16 heteroatoms. The fourth-order valence-corrected chi connectivity index (χ4v) is 7.47. The van der Waals surface area contributed by atoms with Crippen molar-refractivity contribution in [3.05, 3.63) is 100 Å². The van der Waals surface area contributed by atoms with Crippen LogP contribution in [-0.4, -0.2) is 95.6 Å². The van der Waals surface area contributed by atoms with Crippen molar-refractivity contribution in [2.75, 3.05) is 26.9 Å². The van der Waals surface area contributed by atoms with Crippen LogP contribution in [0.3, 0.4) is 0 Å². The Morgan fingerprint density at radius 3 is 2.43 bits per heavy atom. The number of benzene rings is 2. The SMILES string of the molecule is COC(=O)NC(C(=O)NN(Cc1ccc(-c2ccccn2)cc1)CC(O)C(Cc1ccc(OCc2csc(C)n2)cc1)NC(=O)OC1COC2OCCC12)C(C)(C)C. The van der Waals surface area contributed by atoms with Gasteiger partial charge in [0.05, 0.1) is 54.8 Å². The maximum absolute atomic E-state index is 13.9. The molecule has 2 aliphatic rings. The Morgan fingerprint density at radius 1 is 1.00 bits per heavy atom. The second kappa shape index (κ2) is 19.5. The third-order valence-corrected chi connectivity index (χ3v) is 10.8. The Bertz CT molecular complexity index is 1960. The normalized spacial score (nSPS) is 19.1. The highest BCUT2D eigenvalue weighted by atomic mass is 32.1. The summed E-state index contributed by atoms with van der Waals surface area (Å²) >= 11 is 1.56. The van der Waals surface area contributed by atoms with E-state index >= 15 is 0 Å². The Balaban J connectivity index is 1.21. The lowest BCUT2D eigenvalue weighted by Gasteiger charge is -2.34. The molecule has 0 aliphatic carbocycles. The molecule has 2 aromatic carbocycles. The Labute approximate surface area is 342 Å². The number of rotatable bonds is 16. The van der Waals surface area contributed by atoms with E-state index in [0.717, 1.165) is 33.1 Å². The molecule has 4 N–H and O–H groups in total. The first-order valence-electron chi connectivity index (χ1n) is 19.3. The second-order valence-electron chi connectivity index (χ2n) is 15.5. The first-order valence-corrected chi connectivity index (χ1v) is 20.1. The summed E-state index contributed by atoms with van der Waals surface area (Å²) in [6.07, 6.45) is -0.939. The van der Waals surface area contributed by atoms with Crippen molar-refractivity contribution in [1.82, 2.24) is 31.0 Å². The van der Waals surface area contributed by atoms with Crippen LogP contribution in [0.25, 0.3) is 11.3 Å². The number of nitrogens with one attached hydrogen (secondary N) is 3. The largest absolute Gasteiger partial charge is 0.487 e. The number of hydrogen-bond acceptors (Lipinski definition) is 13. The molecule has 2 aliphatic heterocycles. The summed E-state index contributed by atoms with van der Waals surface area (Å²) in [4.78, 5) is 48.6. The minimum atomic E-state index is -1.23. The first kappa shape index (κ1) is 42.5. The van der Waals surface area contributed by atoms with Crippen LogP contribution in [0.15, 0.2) is 78.3 Å². The van der Waals surface area contributed by atoms with Crippen molar-refractivity contribution < 1.29 is 43.2 Å². The number of hydrogen-bond donors (Lipinski definition) is 4. The van der Waals surface area contributed by atoms with Gasteiger partial charge in [-0.25, -0.2) is 19.6 Å². The molecule has 6 rings (SSSR count). The fraction of sp³-hybridized carbons (Fsp3) is 0.452. The topological polar surface area (TPSA) is 183 Å². The third kappa shape index (κ3) is 11.7. The lowest BCUT2D eigenvalue weighted by molar-refractivity contribution is -0.131. The smallest absolute Gasteiger partial charge is 0.407 e. The number of thiazole rings is 1. The number of carbonyl (C=O) groups excluding carboxylic acids is 3. The van der Waals surface area contributed by atoms with Crippen LogP contribution >= 0.6 is 11.3 Å². The summed E-state index contributed by atoms with van der Waals surface area (Å²) in [6.45, 7) is 8.52. The van der Waals surface area contributed by atoms with E-state index in [1.165, 1.54) is 7.11 Å². The molecule has 4 aromatic rings. The molecule has 2 aromatic heterocycles. The van der Waals surface area contributed by atoms with Crippen LogP contribution in [0.4, 0.5) is 9.59 Å². The van der Waals surface area contributed by atoms with Gasteiger partial charge in [0.1, 0.15) is 24.5 Å². The van der Waals surface area contributed by atoms with Gasteiger partial charge < -0.3 is 39.4 Å². The number of fused-ring (bicyclic) bond motifs is 1. The maximum atomic E-state index is 13.9. The number of carbonyl (C=O) groups is 3. The second-order valence-corrected chi connectivity index (χ2v) is 16.5. The highest BCUT2D eigenvalue weighted by molar-refractivity contribution is 7.09. The molecule has 310 valence electrons. The molecule has 4 heterocycles. The van der Waals surface area contributed by atoms with Crippen molar-refractivity contribution >= 4 is 29.4 Å². The molecular formula is C42H52N6O9S. The van der Waals surface area contributed by atoms with Crippen molar-refractivity contribution in [3.63, 3.8) is 0 Å². The molecule has 2 fully saturated rings. The maximum Gasteiger partial charge on any atom is 0.407 e. The summed E-state index contributed by atoms with van der Waals surface area (Å²) in [7, 11) is 1.23. The van der Waals surface area contributed by atoms with E-state index in [4.69, 9.17) is 23.7 Å². The number of pyridine rings is 1. The zero-order valence-electron chi connectivity index (χ0n) is 33.4. The number of amides is 3. The van der Waals surface area contributed by atoms with Gasteiger partial charge in [-0.1, -0.05) is 63.2 Å². The van der Waals surface area contributed by atoms with Gasteiger partial charge in [0.2, 0.25) is 0 Å². The molecule has 2 saturated heterocycles. The van der Waals surface area contributed by atoms with Crippen LogP contribution in [0.1, 0.15) is 49.0 Å². The van der Waals surface area contributed by atoms with Crippen molar-refractivity contribution in [3.8, 4) is 17.0 Å². The van der Waals surface area contributed by atoms with Crippen molar-refractivity contribution in [2.45, 2.75) is 84.3 Å². The predicted octanol–water partition coefficient (Wildman–Crippen LogP) is 5.16. The molecule has 58 heavy (non-hydrogen) atoms. The van der Waals surface area contributed by atoms with E-state index in [-0.39, 0.29) is 32.0 Å². The number of aromatic nitrogens is 2. The van der Waals surface area contributed by atoms with Gasteiger partial charge in [-0.15, -0.1) is 11.3 Å². The van der Waals surface area contributed by atoms with Gasteiger partial charge in [-0.05, 0) is 60.6 Å². The average molecular weight is 817 g/mol. The molecule has 3 amide bonds.